The second-order valence-corrected chi connectivity index (χ2v) is 3.71. The first-order chi connectivity index (χ1) is 6.90. The third kappa shape index (κ3) is 2.03. The minimum Gasteiger partial charge on any atom is -0.474 e. The van der Waals surface area contributed by atoms with Gasteiger partial charge in [0.05, 0.1) is 6.61 Å². The van der Waals surface area contributed by atoms with E-state index in [0.29, 0.717) is 0 Å². The molecule has 14 heavy (non-hydrogen) atoms. The lowest BCUT2D eigenvalue weighted by Crippen LogP contribution is -2.38. The van der Waals surface area contributed by atoms with Crippen LogP contribution in [0.1, 0.15) is 31.7 Å². The summed E-state index contributed by atoms with van der Waals surface area (Å²) in [6.45, 7) is 4.00. The van der Waals surface area contributed by atoms with Gasteiger partial charge in [-0.1, -0.05) is 18.0 Å². The van der Waals surface area contributed by atoms with Crippen LogP contribution in [-0.2, 0) is 13.0 Å². The van der Waals surface area contributed by atoms with Gasteiger partial charge in [0, 0.05) is 23.1 Å². The molecule has 1 aromatic heterocycles. The Morgan fingerprint density at radius 2 is 2.50 bits per heavy atom. The van der Waals surface area contributed by atoms with E-state index in [1.165, 1.54) is 18.4 Å². The average Bonchev–Trinajstić information content (AvgIpc) is 2.26. The van der Waals surface area contributed by atoms with E-state index in [4.69, 9.17) is 4.74 Å². The molecule has 0 unspecified atom stereocenters. The van der Waals surface area contributed by atoms with Crippen molar-refractivity contribution >= 4 is 0 Å². The molecule has 0 bridgehead atoms. The molecule has 2 rings (SSSR count). The van der Waals surface area contributed by atoms with E-state index < -0.39 is 0 Å². The van der Waals surface area contributed by atoms with Crippen molar-refractivity contribution in [2.75, 3.05) is 6.61 Å². The van der Waals surface area contributed by atoms with Crippen molar-refractivity contribution in [2.45, 2.75) is 39.2 Å². The summed E-state index contributed by atoms with van der Waals surface area (Å²) < 4.78 is 7.49. The lowest BCUT2D eigenvalue weighted by atomic mass is 10.1. The Morgan fingerprint density at radius 1 is 1.57 bits per heavy atom. The lowest BCUT2D eigenvalue weighted by molar-refractivity contribution is -0.754. The van der Waals surface area contributed by atoms with Gasteiger partial charge >= 0.3 is 0 Å². The van der Waals surface area contributed by atoms with Gasteiger partial charge in [-0.25, -0.2) is 0 Å². The molecular formula is C11H17N2O+. The van der Waals surface area contributed by atoms with Gasteiger partial charge in [-0.2, -0.15) is 0 Å². The zero-order valence-corrected chi connectivity index (χ0v) is 8.70. The molecule has 0 saturated carbocycles. The first-order valence-electron chi connectivity index (χ1n) is 5.42. The van der Waals surface area contributed by atoms with Gasteiger partial charge in [0.25, 0.3) is 5.88 Å². The van der Waals surface area contributed by atoms with Crippen LogP contribution in [0.4, 0.5) is 0 Å². The van der Waals surface area contributed by atoms with Crippen LogP contribution in [0.3, 0.4) is 0 Å². The zero-order valence-electron chi connectivity index (χ0n) is 8.70. The standard InChI is InChI=1S/C11H17N2O/c1-2-3-7-13-8-6-10-5-4-9-14-11(10)12-13/h6,8H,2-5,7,9H2,1H3/q+1. The van der Waals surface area contributed by atoms with Crippen molar-refractivity contribution in [2.24, 2.45) is 0 Å². The fraction of sp³-hybridized carbons (Fsp3) is 0.636. The van der Waals surface area contributed by atoms with E-state index in [-0.39, 0.29) is 0 Å². The molecule has 2 heterocycles. The smallest absolute Gasteiger partial charge is 0.282 e. The molecule has 76 valence electrons. The van der Waals surface area contributed by atoms with Gasteiger partial charge in [0.15, 0.2) is 12.7 Å². The van der Waals surface area contributed by atoms with Crippen LogP contribution in [0, 0.1) is 0 Å². The SMILES string of the molecule is CCCC[n+]1ccc2c(n1)OCCC2. The van der Waals surface area contributed by atoms with Crippen LogP contribution in [-0.4, -0.2) is 11.7 Å². The van der Waals surface area contributed by atoms with Crippen LogP contribution in [0.25, 0.3) is 0 Å². The fourth-order valence-electron chi connectivity index (χ4n) is 1.65. The van der Waals surface area contributed by atoms with Crippen LogP contribution in [0.2, 0.25) is 0 Å². The molecule has 0 aliphatic carbocycles. The van der Waals surface area contributed by atoms with E-state index in [0.717, 1.165) is 31.9 Å². The highest BCUT2D eigenvalue weighted by Crippen LogP contribution is 2.19. The molecule has 0 radical (unpaired) electrons. The van der Waals surface area contributed by atoms with E-state index in [2.05, 4.69) is 24.3 Å². The van der Waals surface area contributed by atoms with Crippen LogP contribution >= 0.6 is 0 Å². The molecule has 1 aliphatic heterocycles. The van der Waals surface area contributed by atoms with Gasteiger partial charge in [-0.15, -0.1) is 0 Å². The maximum Gasteiger partial charge on any atom is 0.282 e. The minimum atomic E-state index is 0.817. The summed E-state index contributed by atoms with van der Waals surface area (Å²) in [7, 11) is 0. The van der Waals surface area contributed by atoms with E-state index in [1.54, 1.807) is 0 Å². The number of aromatic nitrogens is 2. The second kappa shape index (κ2) is 4.40. The summed E-state index contributed by atoms with van der Waals surface area (Å²) in [5, 5.41) is 4.45. The van der Waals surface area contributed by atoms with E-state index >= 15 is 0 Å². The monoisotopic (exact) mass is 193 g/mol. The zero-order chi connectivity index (χ0) is 9.80. The fourth-order valence-corrected chi connectivity index (χ4v) is 1.65. The summed E-state index contributed by atoms with van der Waals surface area (Å²) in [5.41, 5.74) is 1.25. The van der Waals surface area contributed by atoms with Gasteiger partial charge in [-0.3, -0.25) is 0 Å². The highest BCUT2D eigenvalue weighted by Gasteiger charge is 2.15. The quantitative estimate of drug-likeness (QED) is 0.680. The number of aryl methyl sites for hydroxylation is 2. The van der Waals surface area contributed by atoms with Crippen molar-refractivity contribution < 1.29 is 9.42 Å². The van der Waals surface area contributed by atoms with Gasteiger partial charge in [-0.05, 0) is 12.8 Å². The number of hydrogen-bond acceptors (Lipinski definition) is 2. The molecule has 0 spiro atoms. The lowest BCUT2D eigenvalue weighted by Gasteiger charge is -2.12. The van der Waals surface area contributed by atoms with Crippen LogP contribution in [0.15, 0.2) is 12.3 Å². The molecule has 1 aliphatic rings. The highest BCUT2D eigenvalue weighted by atomic mass is 16.5. The van der Waals surface area contributed by atoms with Crippen LogP contribution < -0.4 is 9.42 Å². The Kier molecular flexibility index (Phi) is 2.96. The third-order valence-electron chi connectivity index (χ3n) is 2.51. The molecule has 3 heteroatoms. The molecular weight excluding hydrogens is 176 g/mol. The van der Waals surface area contributed by atoms with Crippen molar-refractivity contribution in [1.29, 1.82) is 0 Å². The number of ether oxygens (including phenoxy) is 1. The highest BCUT2D eigenvalue weighted by molar-refractivity contribution is 5.23. The van der Waals surface area contributed by atoms with Crippen molar-refractivity contribution in [3.8, 4) is 5.88 Å². The summed E-state index contributed by atoms with van der Waals surface area (Å²) >= 11 is 0. The molecule has 0 aromatic carbocycles. The number of unbranched alkanes of at least 4 members (excludes halogenated alkanes) is 1. The van der Waals surface area contributed by atoms with Crippen molar-refractivity contribution in [1.82, 2.24) is 5.10 Å². The van der Waals surface area contributed by atoms with Gasteiger partial charge < -0.3 is 4.74 Å². The second-order valence-electron chi connectivity index (χ2n) is 3.71. The molecule has 0 fully saturated rings. The van der Waals surface area contributed by atoms with Crippen molar-refractivity contribution in [3.63, 3.8) is 0 Å². The normalized spacial score (nSPS) is 14.6. The molecule has 0 saturated heterocycles. The molecule has 0 amide bonds. The molecule has 0 atom stereocenters. The minimum absolute atomic E-state index is 0.817. The van der Waals surface area contributed by atoms with E-state index in [9.17, 15) is 0 Å². The maximum atomic E-state index is 5.51. The largest absolute Gasteiger partial charge is 0.474 e. The summed E-state index contributed by atoms with van der Waals surface area (Å²) in [4.78, 5) is 0. The van der Waals surface area contributed by atoms with Gasteiger partial charge in [0.1, 0.15) is 0 Å². The summed E-state index contributed by atoms with van der Waals surface area (Å²) in [5.74, 6) is 0.842. The van der Waals surface area contributed by atoms with E-state index in [1.807, 2.05) is 4.68 Å². The predicted octanol–water partition coefficient (Wildman–Crippen LogP) is 1.49. The van der Waals surface area contributed by atoms with Crippen LogP contribution in [0.5, 0.6) is 5.88 Å². The Hall–Kier alpha value is -1.12. The maximum absolute atomic E-state index is 5.51. The molecule has 1 aromatic rings. The number of fused-ring (bicyclic) bond motifs is 1. The number of hydrogen-bond donors (Lipinski definition) is 0. The first-order valence-corrected chi connectivity index (χ1v) is 5.42. The number of rotatable bonds is 3. The average molecular weight is 193 g/mol. The Labute approximate surface area is 84.7 Å². The summed E-state index contributed by atoms with van der Waals surface area (Å²) in [6, 6.07) is 2.14. The molecule has 0 N–H and O–H groups in total. The topological polar surface area (TPSA) is 26.0 Å². The summed E-state index contributed by atoms with van der Waals surface area (Å²) in [6.07, 6.45) is 6.66. The Morgan fingerprint density at radius 3 is 3.36 bits per heavy atom. The Bertz CT molecular complexity index is 312. The third-order valence-corrected chi connectivity index (χ3v) is 2.51. The Balaban J connectivity index is 2.12. The predicted molar refractivity (Wildman–Crippen MR) is 53.2 cm³/mol. The van der Waals surface area contributed by atoms with Gasteiger partial charge in [0.2, 0.25) is 0 Å². The molecule has 3 nitrogen and oxygen atoms in total. The van der Waals surface area contributed by atoms with Crippen molar-refractivity contribution in [3.05, 3.63) is 17.8 Å². The first kappa shape index (κ1) is 9.44. The number of nitrogens with zero attached hydrogens (tertiary/aromatic N) is 2.